The summed E-state index contributed by atoms with van der Waals surface area (Å²) in [4.78, 5) is 35.9. The fraction of sp³-hybridized carbons (Fsp3) is 0.486. The monoisotopic (exact) mass is 620 g/mol. The number of allylic oxidation sites excluding steroid dienone is 2. The third-order valence-corrected chi connectivity index (χ3v) is 10.2. The number of ether oxygens (including phenoxy) is 1. The van der Waals surface area contributed by atoms with E-state index in [0.717, 1.165) is 57.9 Å². The molecular formula is C35H40MgN4O5-2. The van der Waals surface area contributed by atoms with E-state index in [2.05, 4.69) is 40.3 Å². The van der Waals surface area contributed by atoms with Gasteiger partial charge in [-0.25, -0.2) is 0 Å². The third-order valence-electron chi connectivity index (χ3n) is 10.2. The molecule has 9 nitrogen and oxygen atoms in total. The second-order valence-corrected chi connectivity index (χ2v) is 12.5. The zero-order valence-corrected chi connectivity index (χ0v) is 28.3. The van der Waals surface area contributed by atoms with Crippen molar-refractivity contribution >= 4 is 52.5 Å². The summed E-state index contributed by atoms with van der Waals surface area (Å²) in [6.07, 6.45) is 6.64. The van der Waals surface area contributed by atoms with Gasteiger partial charge in [-0.15, -0.1) is 45.9 Å². The van der Waals surface area contributed by atoms with E-state index in [1.54, 1.807) is 0 Å². The topological polar surface area (TPSA) is 140 Å². The van der Waals surface area contributed by atoms with Crippen LogP contribution >= 0.6 is 0 Å². The molecule has 234 valence electrons. The second kappa shape index (κ2) is 12.7. The van der Waals surface area contributed by atoms with Crippen molar-refractivity contribution in [3.63, 3.8) is 0 Å². The number of Topliss-reactive ketones (excluding diaryl/α,β-unsaturated/α-hetero) is 1. The van der Waals surface area contributed by atoms with E-state index < -0.39 is 24.2 Å². The van der Waals surface area contributed by atoms with Crippen LogP contribution in [0.4, 0.5) is 0 Å². The average Bonchev–Trinajstić information content (AvgIpc) is 3.72. The van der Waals surface area contributed by atoms with Crippen LogP contribution in [0.2, 0.25) is 0 Å². The molecule has 0 aromatic carbocycles. The molecule has 8 bridgehead atoms. The first-order valence-electron chi connectivity index (χ1n) is 15.6. The van der Waals surface area contributed by atoms with Gasteiger partial charge in [0.15, 0.2) is 12.1 Å². The van der Waals surface area contributed by atoms with Crippen LogP contribution in [0.15, 0.2) is 29.6 Å². The number of methoxy groups -OCH3 is 1. The Morgan fingerprint density at radius 2 is 1.87 bits per heavy atom. The zero-order valence-electron chi connectivity index (χ0n) is 26.9. The molecule has 2 fully saturated rings. The molecule has 2 aromatic rings. The number of aliphatic hydroxyl groups excluding tert-OH is 1. The van der Waals surface area contributed by atoms with Gasteiger partial charge in [0.25, 0.3) is 0 Å². The average molecular weight is 621 g/mol. The van der Waals surface area contributed by atoms with Crippen LogP contribution in [0.3, 0.4) is 0 Å². The Morgan fingerprint density at radius 3 is 2.51 bits per heavy atom. The van der Waals surface area contributed by atoms with Crippen molar-refractivity contribution in [3.8, 4) is 0 Å². The summed E-state index contributed by atoms with van der Waals surface area (Å²) in [5.74, 6) is -2.33. The van der Waals surface area contributed by atoms with Gasteiger partial charge in [-0.05, 0) is 39.0 Å². The number of aliphatic hydroxyl groups is 1. The molecule has 10 heteroatoms. The normalized spacial score (nSPS) is 30.6. The molecule has 6 rings (SSSR count). The Hall–Kier alpha value is -2.89. The van der Waals surface area contributed by atoms with Gasteiger partial charge >= 0.3 is 29.0 Å². The largest absolute Gasteiger partial charge is 2.00 e. The summed E-state index contributed by atoms with van der Waals surface area (Å²) >= 11 is 0. The molecule has 2 saturated heterocycles. The Kier molecular flexibility index (Phi) is 9.46. The van der Waals surface area contributed by atoms with Gasteiger partial charge in [-0.2, -0.15) is 5.70 Å². The predicted molar refractivity (Wildman–Crippen MR) is 174 cm³/mol. The first kappa shape index (κ1) is 33.5. The van der Waals surface area contributed by atoms with E-state index in [-0.39, 0.29) is 59.1 Å². The Morgan fingerprint density at radius 1 is 1.13 bits per heavy atom. The number of fused-ring (bicyclic) bond motifs is 8. The van der Waals surface area contributed by atoms with E-state index in [1.165, 1.54) is 7.11 Å². The van der Waals surface area contributed by atoms with Crippen molar-refractivity contribution in [2.45, 2.75) is 78.7 Å². The number of nitrogens with zero attached hydrogens (tertiary/aromatic N) is 4. The van der Waals surface area contributed by atoms with Gasteiger partial charge in [0, 0.05) is 19.1 Å². The van der Waals surface area contributed by atoms with Crippen molar-refractivity contribution in [1.82, 2.24) is 9.97 Å². The molecule has 7 atom stereocenters. The van der Waals surface area contributed by atoms with E-state index in [1.807, 2.05) is 19.1 Å². The summed E-state index contributed by atoms with van der Waals surface area (Å²) in [6.45, 7) is 14.7. The number of ketones is 1. The molecule has 0 radical (unpaired) electrons. The van der Waals surface area contributed by atoms with Crippen LogP contribution in [-0.2, 0) is 16.0 Å². The number of aromatic nitrogens is 2. The van der Waals surface area contributed by atoms with Crippen LogP contribution in [0.1, 0.15) is 78.5 Å². The number of carbonyl (C=O) groups is 2. The van der Waals surface area contributed by atoms with E-state index in [9.17, 15) is 19.8 Å². The minimum atomic E-state index is -1.39. The maximum absolute atomic E-state index is 14.1. The van der Waals surface area contributed by atoms with Gasteiger partial charge < -0.3 is 35.6 Å². The predicted octanol–water partition coefficient (Wildman–Crippen LogP) is 3.61. The standard InChI is InChI=1S/C35H42N4O5.Mg/c1-8-19-15(3)22-12-24-17(5)21(10-11-28(40)41)32(38-24)30-31(35(43)44-7)34(42)29-18(6)25(39-33(29)30)14-27-20(9-2)16(4)23(37-27)13-26(19)36-22;/h12-14,17,19,21,24,31-32,35,43H,3,8-11H2,1-2,4-7H3,(H3,36,37,40,41,42);/q-2;+2/p-2/b22-12-;/t17-,19-,21-,24?,31+,32?,35?;/m0./s1. The SMILES string of the molecule is C=C1/C2=C/C3[N-]C(C4=c5[n-]/c(c(C)c5C(=O)[C@@H]4C(O)OC)=C\c4[n-]c(c(C)c4CC)/C=C(\[N-]2)[C@H]1CC)[C@@H](CCC(=O)O)[C@@H]3C.[Mg+2]. The number of hydrogen-bond acceptors (Lipinski definition) is 4. The van der Waals surface area contributed by atoms with Gasteiger partial charge in [0.05, 0.1) is 5.92 Å². The fourth-order valence-corrected chi connectivity index (χ4v) is 7.74. The first-order chi connectivity index (χ1) is 21.0. The number of hydrogen-bond donors (Lipinski definition) is 2. The number of carboxylic acids is 1. The van der Waals surface area contributed by atoms with Crippen LogP contribution in [-0.4, -0.2) is 70.5 Å². The van der Waals surface area contributed by atoms with Crippen LogP contribution < -0.4 is 20.7 Å². The van der Waals surface area contributed by atoms with Gasteiger partial charge in [0.1, 0.15) is 0 Å². The fourth-order valence-electron chi connectivity index (χ4n) is 7.74. The van der Waals surface area contributed by atoms with Gasteiger partial charge in [-0.3, -0.25) is 9.59 Å². The number of rotatable bonds is 7. The molecular weight excluding hydrogens is 581 g/mol. The van der Waals surface area contributed by atoms with Crippen LogP contribution in [0.5, 0.6) is 0 Å². The molecule has 2 aromatic heterocycles. The van der Waals surface area contributed by atoms with Gasteiger partial charge in [0.2, 0.25) is 0 Å². The summed E-state index contributed by atoms with van der Waals surface area (Å²) in [7, 11) is 1.37. The van der Waals surface area contributed by atoms with Crippen molar-refractivity contribution < 1.29 is 24.5 Å². The number of aliphatic carboxylic acids is 1. The summed E-state index contributed by atoms with van der Waals surface area (Å²) in [6, 6.07) is -0.838. The molecule has 0 spiro atoms. The number of carbonyl (C=O) groups excluding carboxylic acids is 1. The maximum atomic E-state index is 14.1. The Bertz CT molecular complexity index is 1750. The Balaban J connectivity index is 0.00000400. The Labute approximate surface area is 280 Å². The molecule has 0 saturated carbocycles. The third kappa shape index (κ3) is 5.38. The van der Waals surface area contributed by atoms with E-state index >= 15 is 0 Å². The van der Waals surface area contributed by atoms with Gasteiger partial charge in [-0.1, -0.05) is 79.2 Å². The van der Waals surface area contributed by atoms with Crippen molar-refractivity contribution in [3.05, 3.63) is 84.6 Å². The molecule has 1 aliphatic carbocycles. The van der Waals surface area contributed by atoms with Crippen LogP contribution in [0, 0.1) is 37.5 Å². The van der Waals surface area contributed by atoms with Crippen LogP contribution in [0.25, 0.3) is 28.4 Å². The first-order valence-corrected chi connectivity index (χ1v) is 15.6. The quantitative estimate of drug-likeness (QED) is 0.356. The van der Waals surface area contributed by atoms with Crippen molar-refractivity contribution in [2.75, 3.05) is 7.11 Å². The molecule has 4 aliphatic rings. The van der Waals surface area contributed by atoms with E-state index in [0.29, 0.717) is 28.3 Å². The minimum absolute atomic E-state index is 0. The minimum Gasteiger partial charge on any atom is -0.661 e. The van der Waals surface area contributed by atoms with Crippen molar-refractivity contribution in [1.29, 1.82) is 0 Å². The maximum Gasteiger partial charge on any atom is 2.00 e. The zero-order chi connectivity index (χ0) is 31.6. The molecule has 3 unspecified atom stereocenters. The van der Waals surface area contributed by atoms with Crippen molar-refractivity contribution in [2.24, 2.45) is 23.7 Å². The smallest absolute Gasteiger partial charge is 0.661 e. The molecule has 0 amide bonds. The summed E-state index contributed by atoms with van der Waals surface area (Å²) in [5.41, 5.74) is 8.32. The van der Waals surface area contributed by atoms with E-state index in [4.69, 9.17) is 25.3 Å². The molecule has 3 aliphatic heterocycles. The number of carboxylic acid groups (broad SMARTS) is 1. The summed E-state index contributed by atoms with van der Waals surface area (Å²) in [5, 5.41) is 32.1. The second-order valence-electron chi connectivity index (χ2n) is 12.5. The molecule has 2 N–H and O–H groups in total. The molecule has 45 heavy (non-hydrogen) atoms. The molecule has 5 heterocycles. The summed E-state index contributed by atoms with van der Waals surface area (Å²) < 4.78 is 5.33.